The molecule has 3 nitrogen and oxygen atoms in total. The highest BCUT2D eigenvalue weighted by Gasteiger charge is 2.08. The van der Waals surface area contributed by atoms with E-state index >= 15 is 0 Å². The van der Waals surface area contributed by atoms with Gasteiger partial charge in [0.15, 0.2) is 0 Å². The van der Waals surface area contributed by atoms with Gasteiger partial charge in [-0.15, -0.1) is 0 Å². The molecule has 0 aliphatic heterocycles. The van der Waals surface area contributed by atoms with Gasteiger partial charge in [-0.3, -0.25) is 0 Å². The van der Waals surface area contributed by atoms with E-state index in [-0.39, 0.29) is 11.4 Å². The predicted molar refractivity (Wildman–Crippen MR) is 79.4 cm³/mol. The molecule has 0 amide bonds. The lowest BCUT2D eigenvalue weighted by Crippen LogP contribution is -2.00. The van der Waals surface area contributed by atoms with Crippen LogP contribution in [0.4, 0.5) is 4.39 Å². The van der Waals surface area contributed by atoms with Crippen LogP contribution in [0.5, 0.6) is 0 Å². The van der Waals surface area contributed by atoms with Crippen LogP contribution in [0, 0.1) is 5.82 Å². The molecule has 106 valence electrons. The molecule has 0 fully saturated rings. The van der Waals surface area contributed by atoms with Crippen molar-refractivity contribution >= 4 is 28.5 Å². The van der Waals surface area contributed by atoms with Crippen LogP contribution < -0.4 is 0 Å². The fourth-order valence-electron chi connectivity index (χ4n) is 2.30. The molecule has 0 unspecified atom stereocenters. The van der Waals surface area contributed by atoms with Crippen LogP contribution in [0.15, 0.2) is 48.7 Å². The Morgan fingerprint density at radius 3 is 2.71 bits per heavy atom. The molecule has 0 saturated carbocycles. The van der Waals surface area contributed by atoms with Gasteiger partial charge in [-0.05, 0) is 42.0 Å². The van der Waals surface area contributed by atoms with Crippen molar-refractivity contribution in [3.05, 3.63) is 70.6 Å². The fraction of sp³-hybridized carbons (Fsp3) is 0.0625. The SMILES string of the molecule is O=C(O)c1ccc2c(ccn2Cc2ccc(F)cc2Cl)c1. The molecule has 5 heteroatoms. The lowest BCUT2D eigenvalue weighted by Gasteiger charge is -2.08. The topological polar surface area (TPSA) is 42.2 Å². The van der Waals surface area contributed by atoms with Crippen LogP contribution in [-0.2, 0) is 6.54 Å². The molecule has 21 heavy (non-hydrogen) atoms. The van der Waals surface area contributed by atoms with Gasteiger partial charge in [-0.25, -0.2) is 9.18 Å². The lowest BCUT2D eigenvalue weighted by molar-refractivity contribution is 0.0697. The Morgan fingerprint density at radius 1 is 1.19 bits per heavy atom. The van der Waals surface area contributed by atoms with Crippen molar-refractivity contribution in [1.82, 2.24) is 4.57 Å². The Labute approximate surface area is 125 Å². The Balaban J connectivity index is 1.99. The van der Waals surface area contributed by atoms with Gasteiger partial charge in [0, 0.05) is 28.7 Å². The van der Waals surface area contributed by atoms with Crippen molar-refractivity contribution in [3.8, 4) is 0 Å². The first-order valence-electron chi connectivity index (χ1n) is 6.31. The first kappa shape index (κ1) is 13.6. The van der Waals surface area contributed by atoms with E-state index in [1.54, 1.807) is 24.3 Å². The zero-order chi connectivity index (χ0) is 15.0. The Morgan fingerprint density at radius 2 is 2.00 bits per heavy atom. The average Bonchev–Trinajstić information content (AvgIpc) is 2.84. The van der Waals surface area contributed by atoms with Crippen molar-refractivity contribution in [1.29, 1.82) is 0 Å². The quantitative estimate of drug-likeness (QED) is 0.788. The number of halogens is 2. The fourth-order valence-corrected chi connectivity index (χ4v) is 2.53. The van der Waals surface area contributed by atoms with Crippen LogP contribution in [0.25, 0.3) is 10.9 Å². The molecule has 0 bridgehead atoms. The van der Waals surface area contributed by atoms with Gasteiger partial charge in [-0.1, -0.05) is 17.7 Å². The van der Waals surface area contributed by atoms with E-state index in [9.17, 15) is 9.18 Å². The molecule has 3 rings (SSSR count). The average molecular weight is 304 g/mol. The second-order valence-corrected chi connectivity index (χ2v) is 5.17. The van der Waals surface area contributed by atoms with Crippen LogP contribution in [-0.4, -0.2) is 15.6 Å². The first-order valence-corrected chi connectivity index (χ1v) is 6.68. The lowest BCUT2D eigenvalue weighted by atomic mass is 10.1. The number of hydrogen-bond donors (Lipinski definition) is 1. The highest BCUT2D eigenvalue weighted by Crippen LogP contribution is 2.22. The minimum absolute atomic E-state index is 0.250. The maximum atomic E-state index is 13.1. The van der Waals surface area contributed by atoms with Gasteiger partial charge >= 0.3 is 5.97 Å². The van der Waals surface area contributed by atoms with Crippen LogP contribution in [0.1, 0.15) is 15.9 Å². The monoisotopic (exact) mass is 303 g/mol. The number of rotatable bonds is 3. The van der Waals surface area contributed by atoms with E-state index in [1.807, 2.05) is 16.8 Å². The van der Waals surface area contributed by atoms with Gasteiger partial charge in [0.2, 0.25) is 0 Å². The minimum Gasteiger partial charge on any atom is -0.478 e. The van der Waals surface area contributed by atoms with Crippen LogP contribution >= 0.6 is 11.6 Å². The van der Waals surface area contributed by atoms with Crippen molar-refractivity contribution < 1.29 is 14.3 Å². The molecule has 0 aliphatic carbocycles. The minimum atomic E-state index is -0.953. The molecule has 1 aromatic heterocycles. The van der Waals surface area contributed by atoms with E-state index in [0.717, 1.165) is 16.5 Å². The molecule has 0 atom stereocenters. The number of fused-ring (bicyclic) bond motifs is 1. The van der Waals surface area contributed by atoms with Gasteiger partial charge < -0.3 is 9.67 Å². The summed E-state index contributed by atoms with van der Waals surface area (Å²) in [7, 11) is 0. The van der Waals surface area contributed by atoms with E-state index in [2.05, 4.69) is 0 Å². The summed E-state index contributed by atoms with van der Waals surface area (Å²) in [4.78, 5) is 11.0. The number of nitrogens with zero attached hydrogens (tertiary/aromatic N) is 1. The molecular weight excluding hydrogens is 293 g/mol. The molecule has 0 radical (unpaired) electrons. The number of carboxylic acid groups (broad SMARTS) is 1. The second kappa shape index (κ2) is 5.22. The number of aromatic nitrogens is 1. The summed E-state index contributed by atoms with van der Waals surface area (Å²) < 4.78 is 15.0. The highest BCUT2D eigenvalue weighted by molar-refractivity contribution is 6.31. The summed E-state index contributed by atoms with van der Waals surface area (Å²) in [6.07, 6.45) is 1.86. The Bertz CT molecular complexity index is 841. The van der Waals surface area contributed by atoms with E-state index < -0.39 is 5.97 Å². The van der Waals surface area contributed by atoms with Gasteiger partial charge in [0.05, 0.1) is 5.56 Å². The molecule has 1 heterocycles. The van der Waals surface area contributed by atoms with E-state index in [4.69, 9.17) is 16.7 Å². The summed E-state index contributed by atoms with van der Waals surface area (Å²) in [5.74, 6) is -1.32. The van der Waals surface area contributed by atoms with Gasteiger partial charge in [0.25, 0.3) is 0 Å². The zero-order valence-electron chi connectivity index (χ0n) is 10.9. The van der Waals surface area contributed by atoms with Crippen molar-refractivity contribution in [2.45, 2.75) is 6.54 Å². The molecular formula is C16H11ClFNO2. The summed E-state index contributed by atoms with van der Waals surface area (Å²) in [6, 6.07) is 11.1. The predicted octanol–water partition coefficient (Wildman–Crippen LogP) is 4.18. The third-order valence-corrected chi connectivity index (χ3v) is 3.73. The Hall–Kier alpha value is -2.33. The highest BCUT2D eigenvalue weighted by atomic mass is 35.5. The second-order valence-electron chi connectivity index (χ2n) is 4.76. The third kappa shape index (κ3) is 2.62. The van der Waals surface area contributed by atoms with Crippen molar-refractivity contribution in [3.63, 3.8) is 0 Å². The van der Waals surface area contributed by atoms with Crippen LogP contribution in [0.2, 0.25) is 5.02 Å². The zero-order valence-corrected chi connectivity index (χ0v) is 11.6. The maximum absolute atomic E-state index is 13.1. The number of benzene rings is 2. The summed E-state index contributed by atoms with van der Waals surface area (Å²) >= 11 is 6.03. The third-order valence-electron chi connectivity index (χ3n) is 3.37. The molecule has 2 aromatic carbocycles. The number of aromatic carboxylic acids is 1. The largest absolute Gasteiger partial charge is 0.478 e. The molecule has 1 N–H and O–H groups in total. The summed E-state index contributed by atoms with van der Waals surface area (Å²) in [5, 5.41) is 10.2. The van der Waals surface area contributed by atoms with Crippen molar-refractivity contribution in [2.75, 3.05) is 0 Å². The maximum Gasteiger partial charge on any atom is 0.335 e. The first-order chi connectivity index (χ1) is 10.0. The Kier molecular flexibility index (Phi) is 3.39. The van der Waals surface area contributed by atoms with Gasteiger partial charge in [-0.2, -0.15) is 0 Å². The van der Waals surface area contributed by atoms with Gasteiger partial charge in [0.1, 0.15) is 5.82 Å². The van der Waals surface area contributed by atoms with E-state index in [1.165, 1.54) is 12.1 Å². The summed E-state index contributed by atoms with van der Waals surface area (Å²) in [5.41, 5.74) is 1.96. The smallest absolute Gasteiger partial charge is 0.335 e. The van der Waals surface area contributed by atoms with Crippen molar-refractivity contribution in [2.24, 2.45) is 0 Å². The summed E-state index contributed by atoms with van der Waals surface area (Å²) in [6.45, 7) is 0.495. The molecule has 3 aromatic rings. The van der Waals surface area contributed by atoms with Crippen LogP contribution in [0.3, 0.4) is 0 Å². The van der Waals surface area contributed by atoms with E-state index in [0.29, 0.717) is 11.6 Å². The molecule has 0 aliphatic rings. The normalized spacial score (nSPS) is 11.0. The molecule has 0 spiro atoms. The number of carbonyl (C=O) groups is 1. The number of carboxylic acids is 1. The number of hydrogen-bond acceptors (Lipinski definition) is 1. The standard InChI is InChI=1S/C16H11ClFNO2/c17-14-8-13(18)3-1-12(14)9-19-6-5-10-7-11(16(20)21)2-4-15(10)19/h1-8H,9H2,(H,20,21). The molecule has 0 saturated heterocycles.